The van der Waals surface area contributed by atoms with Crippen LogP contribution < -0.4 is 16.0 Å². The van der Waals surface area contributed by atoms with Gasteiger partial charge < -0.3 is 35.4 Å². The van der Waals surface area contributed by atoms with Gasteiger partial charge in [0.1, 0.15) is 12.1 Å². The molecule has 4 N–H and O–H groups in total. The zero-order chi connectivity index (χ0) is 25.3. The lowest BCUT2D eigenvalue weighted by molar-refractivity contribution is -0.124. The van der Waals surface area contributed by atoms with E-state index in [1.54, 1.807) is 12.1 Å². The van der Waals surface area contributed by atoms with Crippen LogP contribution in [0.5, 0.6) is 0 Å². The SMILES string of the molecule is O=C(NC(C(=O)Nc1ccc2c(c1)NC(=O)C21CCOCC1)C1CCCCC1)OC1CN(C(=O)O)C1. The fraction of sp³-hybridized carbons (Fsp3) is 0.600. The molecule has 4 amide bonds. The summed E-state index contributed by atoms with van der Waals surface area (Å²) in [6.07, 6.45) is 3.65. The van der Waals surface area contributed by atoms with Crippen LogP contribution in [0.2, 0.25) is 0 Å². The summed E-state index contributed by atoms with van der Waals surface area (Å²) in [6, 6.07) is 4.66. The number of likely N-dealkylation sites (tertiary alicyclic amines) is 1. The summed E-state index contributed by atoms with van der Waals surface area (Å²) in [5, 5.41) is 17.6. The molecular formula is C25H32N4O7. The van der Waals surface area contributed by atoms with Gasteiger partial charge in [0.2, 0.25) is 11.8 Å². The number of amides is 4. The minimum absolute atomic E-state index is 0.0251. The summed E-state index contributed by atoms with van der Waals surface area (Å²) in [7, 11) is 0. The van der Waals surface area contributed by atoms with Crippen LogP contribution >= 0.6 is 0 Å². The van der Waals surface area contributed by atoms with Crippen molar-refractivity contribution in [3.63, 3.8) is 0 Å². The molecule has 0 aromatic heterocycles. The number of fused-ring (bicyclic) bond motifs is 2. The van der Waals surface area contributed by atoms with Gasteiger partial charge >= 0.3 is 12.2 Å². The molecule has 2 saturated heterocycles. The topological polar surface area (TPSA) is 146 Å². The second-order valence-corrected chi connectivity index (χ2v) is 10.1. The Morgan fingerprint density at radius 1 is 1.14 bits per heavy atom. The summed E-state index contributed by atoms with van der Waals surface area (Å²) in [4.78, 5) is 50.8. The molecule has 0 radical (unpaired) electrons. The Bertz CT molecular complexity index is 1040. The van der Waals surface area contributed by atoms with E-state index in [0.717, 1.165) is 42.6 Å². The first-order chi connectivity index (χ1) is 17.4. The molecule has 0 bridgehead atoms. The Hall–Kier alpha value is -3.34. The third-order valence-electron chi connectivity index (χ3n) is 7.90. The highest BCUT2D eigenvalue weighted by atomic mass is 16.6. The standard InChI is InChI=1S/C25H32N4O7/c30-21(26-16-6-7-18-19(12-16)27-22(31)25(18)8-10-35-11-9-25)20(15-4-2-1-3-5-15)28-23(32)36-17-13-29(14-17)24(33)34/h6-7,12,15,17,20H,1-5,8-11,13-14H2,(H,26,30)(H,27,31)(H,28,32)(H,33,34). The van der Waals surface area contributed by atoms with E-state index < -0.39 is 29.7 Å². The average Bonchev–Trinajstić information content (AvgIpc) is 3.10. The zero-order valence-corrected chi connectivity index (χ0v) is 20.1. The summed E-state index contributed by atoms with van der Waals surface area (Å²) >= 11 is 0. The van der Waals surface area contributed by atoms with Crippen molar-refractivity contribution in [2.45, 2.75) is 62.5 Å². The molecule has 1 aliphatic carbocycles. The Morgan fingerprint density at radius 2 is 1.86 bits per heavy atom. The minimum Gasteiger partial charge on any atom is -0.465 e. The number of hydrogen-bond donors (Lipinski definition) is 4. The van der Waals surface area contributed by atoms with Gasteiger partial charge in [-0.15, -0.1) is 0 Å². The van der Waals surface area contributed by atoms with Crippen molar-refractivity contribution in [3.8, 4) is 0 Å². The van der Waals surface area contributed by atoms with Crippen LogP contribution in [0.4, 0.5) is 21.0 Å². The van der Waals surface area contributed by atoms with Crippen LogP contribution in [0, 0.1) is 5.92 Å². The van der Waals surface area contributed by atoms with Gasteiger partial charge in [0, 0.05) is 24.6 Å². The number of hydrogen-bond acceptors (Lipinski definition) is 6. The number of anilines is 2. The molecule has 194 valence electrons. The van der Waals surface area contributed by atoms with Gasteiger partial charge in [0.05, 0.1) is 18.5 Å². The van der Waals surface area contributed by atoms with Gasteiger partial charge in [0.15, 0.2) is 0 Å². The zero-order valence-electron chi connectivity index (χ0n) is 20.1. The van der Waals surface area contributed by atoms with E-state index in [4.69, 9.17) is 14.6 Å². The highest BCUT2D eigenvalue weighted by molar-refractivity contribution is 6.07. The fourth-order valence-corrected chi connectivity index (χ4v) is 5.79. The predicted octanol–water partition coefficient (Wildman–Crippen LogP) is 2.66. The number of carbonyl (C=O) groups is 4. The van der Waals surface area contributed by atoms with Crippen LogP contribution in [-0.2, 0) is 24.5 Å². The molecule has 1 saturated carbocycles. The molecule has 11 heteroatoms. The number of carbonyl (C=O) groups excluding carboxylic acids is 3. The maximum atomic E-state index is 13.3. The molecule has 1 unspecified atom stereocenters. The van der Waals surface area contributed by atoms with E-state index in [1.165, 1.54) is 0 Å². The maximum Gasteiger partial charge on any atom is 0.408 e. The fourth-order valence-electron chi connectivity index (χ4n) is 5.79. The van der Waals surface area contributed by atoms with Gasteiger partial charge in [-0.25, -0.2) is 9.59 Å². The number of ether oxygens (including phenoxy) is 2. The normalized spacial score (nSPS) is 22.2. The molecule has 1 aromatic carbocycles. The van der Waals surface area contributed by atoms with E-state index in [0.29, 0.717) is 37.4 Å². The van der Waals surface area contributed by atoms with E-state index in [-0.39, 0.29) is 30.8 Å². The molecule has 1 atom stereocenters. The van der Waals surface area contributed by atoms with E-state index in [9.17, 15) is 19.2 Å². The van der Waals surface area contributed by atoms with Crippen LogP contribution in [0.15, 0.2) is 18.2 Å². The van der Waals surface area contributed by atoms with Crippen LogP contribution in [-0.4, -0.2) is 72.5 Å². The van der Waals surface area contributed by atoms with Gasteiger partial charge in [0.25, 0.3) is 0 Å². The lowest BCUT2D eigenvalue weighted by atomic mass is 9.75. The lowest BCUT2D eigenvalue weighted by Gasteiger charge is -2.36. The summed E-state index contributed by atoms with van der Waals surface area (Å²) in [5.41, 5.74) is 1.57. The second kappa shape index (κ2) is 9.96. The van der Waals surface area contributed by atoms with Crippen LogP contribution in [0.25, 0.3) is 0 Å². The third-order valence-corrected chi connectivity index (χ3v) is 7.90. The molecule has 3 fully saturated rings. The number of benzene rings is 1. The van der Waals surface area contributed by atoms with E-state index >= 15 is 0 Å². The number of nitrogens with one attached hydrogen (secondary N) is 3. The Morgan fingerprint density at radius 3 is 2.56 bits per heavy atom. The van der Waals surface area contributed by atoms with Crippen molar-refractivity contribution < 1.29 is 33.8 Å². The first-order valence-electron chi connectivity index (χ1n) is 12.7. The van der Waals surface area contributed by atoms with Crippen LogP contribution in [0.3, 0.4) is 0 Å². The van der Waals surface area contributed by atoms with Crippen molar-refractivity contribution >= 4 is 35.4 Å². The molecule has 5 rings (SSSR count). The molecule has 36 heavy (non-hydrogen) atoms. The molecule has 4 aliphatic rings. The van der Waals surface area contributed by atoms with Crippen molar-refractivity contribution in [2.75, 3.05) is 36.9 Å². The summed E-state index contributed by atoms with van der Waals surface area (Å²) in [5.74, 6) is -0.404. The molecule has 1 spiro atoms. The van der Waals surface area contributed by atoms with Gasteiger partial charge in [-0.2, -0.15) is 0 Å². The van der Waals surface area contributed by atoms with Crippen LogP contribution in [0.1, 0.15) is 50.5 Å². The lowest BCUT2D eigenvalue weighted by Crippen LogP contribution is -2.57. The Balaban J connectivity index is 1.26. The number of rotatable bonds is 5. The van der Waals surface area contributed by atoms with Gasteiger partial charge in [-0.3, -0.25) is 9.59 Å². The third kappa shape index (κ3) is 4.71. The van der Waals surface area contributed by atoms with Crippen molar-refractivity contribution in [3.05, 3.63) is 23.8 Å². The average molecular weight is 501 g/mol. The Labute approximate surface area is 208 Å². The largest absolute Gasteiger partial charge is 0.465 e. The highest BCUT2D eigenvalue weighted by Gasteiger charge is 2.47. The molecule has 11 nitrogen and oxygen atoms in total. The number of alkyl carbamates (subject to hydrolysis) is 1. The van der Waals surface area contributed by atoms with Gasteiger partial charge in [-0.05, 0) is 49.3 Å². The van der Waals surface area contributed by atoms with E-state index in [2.05, 4.69) is 16.0 Å². The maximum absolute atomic E-state index is 13.3. The predicted molar refractivity (Wildman–Crippen MR) is 129 cm³/mol. The molecule has 1 aromatic rings. The summed E-state index contributed by atoms with van der Waals surface area (Å²) < 4.78 is 10.8. The highest BCUT2D eigenvalue weighted by Crippen LogP contribution is 2.45. The number of nitrogens with zero attached hydrogens (tertiary/aromatic N) is 1. The second-order valence-electron chi connectivity index (χ2n) is 10.1. The molecular weight excluding hydrogens is 468 g/mol. The van der Waals surface area contributed by atoms with Crippen molar-refractivity contribution in [2.24, 2.45) is 5.92 Å². The minimum atomic E-state index is -1.05. The first kappa shape index (κ1) is 24.4. The smallest absolute Gasteiger partial charge is 0.408 e. The van der Waals surface area contributed by atoms with Crippen molar-refractivity contribution in [1.29, 1.82) is 0 Å². The first-order valence-corrected chi connectivity index (χ1v) is 12.7. The Kier molecular flexibility index (Phi) is 6.74. The van der Waals surface area contributed by atoms with Crippen molar-refractivity contribution in [1.82, 2.24) is 10.2 Å². The van der Waals surface area contributed by atoms with E-state index in [1.807, 2.05) is 6.07 Å². The molecule has 3 heterocycles. The molecule has 3 aliphatic heterocycles. The summed E-state index contributed by atoms with van der Waals surface area (Å²) in [6.45, 7) is 1.31. The quantitative estimate of drug-likeness (QED) is 0.486. The van der Waals surface area contributed by atoms with Gasteiger partial charge in [-0.1, -0.05) is 25.3 Å². The number of carboxylic acid groups (broad SMARTS) is 1. The monoisotopic (exact) mass is 500 g/mol.